The zero-order chi connectivity index (χ0) is 9.80. The van der Waals surface area contributed by atoms with Gasteiger partial charge in [-0.3, -0.25) is 4.99 Å². The largest absolute Gasteiger partial charge is 0.368 e. The van der Waals surface area contributed by atoms with Gasteiger partial charge in [0.2, 0.25) is 6.08 Å². The molecule has 2 rings (SSSR count). The quantitative estimate of drug-likeness (QED) is 0.554. The Morgan fingerprint density at radius 3 is 3.14 bits per heavy atom. The summed E-state index contributed by atoms with van der Waals surface area (Å²) in [6.45, 7) is 1.67. The first-order chi connectivity index (χ1) is 6.90. The Hall–Kier alpha value is -1.93. The minimum absolute atomic E-state index is 0.605. The van der Waals surface area contributed by atoms with Gasteiger partial charge in [0.1, 0.15) is 5.84 Å². The van der Waals surface area contributed by atoms with Gasteiger partial charge >= 0.3 is 0 Å². The number of hydrogen-bond acceptors (Lipinski definition) is 4. The lowest BCUT2D eigenvalue weighted by Crippen LogP contribution is -2.19. The standard InChI is InChI=1S/C10H9N3O/c14-7-13-9-3-1-2-8(6-9)10-11-4-5-12-10/h1-3,6H,4-5H2,(H,11,12). The molecule has 1 heterocycles. The third-order valence-corrected chi connectivity index (χ3v) is 1.97. The third kappa shape index (κ3) is 1.70. The van der Waals surface area contributed by atoms with Gasteiger partial charge in [-0.25, -0.2) is 4.79 Å². The molecule has 0 unspecified atom stereocenters. The number of benzene rings is 1. The second-order valence-corrected chi connectivity index (χ2v) is 2.91. The van der Waals surface area contributed by atoms with Crippen molar-refractivity contribution in [2.24, 2.45) is 9.98 Å². The molecule has 1 aromatic rings. The van der Waals surface area contributed by atoms with Gasteiger partial charge in [-0.15, -0.1) is 0 Å². The molecule has 4 nitrogen and oxygen atoms in total. The van der Waals surface area contributed by atoms with E-state index < -0.39 is 0 Å². The third-order valence-electron chi connectivity index (χ3n) is 1.97. The van der Waals surface area contributed by atoms with Crippen molar-refractivity contribution in [2.75, 3.05) is 13.1 Å². The van der Waals surface area contributed by atoms with Crippen LogP contribution >= 0.6 is 0 Å². The van der Waals surface area contributed by atoms with Gasteiger partial charge < -0.3 is 5.32 Å². The Labute approximate surface area is 81.4 Å². The Balaban J connectivity index is 2.34. The van der Waals surface area contributed by atoms with Crippen LogP contribution in [0.25, 0.3) is 0 Å². The maximum Gasteiger partial charge on any atom is 0.240 e. The van der Waals surface area contributed by atoms with Crippen molar-refractivity contribution in [3.8, 4) is 0 Å². The molecule has 0 bridgehead atoms. The summed E-state index contributed by atoms with van der Waals surface area (Å²) < 4.78 is 0. The van der Waals surface area contributed by atoms with E-state index in [0.29, 0.717) is 5.69 Å². The van der Waals surface area contributed by atoms with Gasteiger partial charge in [0.15, 0.2) is 0 Å². The summed E-state index contributed by atoms with van der Waals surface area (Å²) in [7, 11) is 0. The number of isocyanates is 1. The molecule has 14 heavy (non-hydrogen) atoms. The average molecular weight is 187 g/mol. The van der Waals surface area contributed by atoms with Crippen LogP contribution < -0.4 is 5.32 Å². The van der Waals surface area contributed by atoms with Crippen LogP contribution in [0.5, 0.6) is 0 Å². The second-order valence-electron chi connectivity index (χ2n) is 2.91. The average Bonchev–Trinajstić information content (AvgIpc) is 2.71. The fourth-order valence-electron chi connectivity index (χ4n) is 1.37. The van der Waals surface area contributed by atoms with Crippen LogP contribution in [-0.4, -0.2) is 25.0 Å². The van der Waals surface area contributed by atoms with Crippen LogP contribution in [0.4, 0.5) is 5.69 Å². The molecule has 1 aromatic carbocycles. The minimum Gasteiger partial charge on any atom is -0.368 e. The van der Waals surface area contributed by atoms with E-state index in [1.807, 2.05) is 18.2 Å². The topological polar surface area (TPSA) is 53.8 Å². The van der Waals surface area contributed by atoms with Crippen molar-refractivity contribution in [1.29, 1.82) is 0 Å². The van der Waals surface area contributed by atoms with Gasteiger partial charge in [-0.1, -0.05) is 12.1 Å². The summed E-state index contributed by atoms with van der Waals surface area (Å²) in [6, 6.07) is 7.33. The van der Waals surface area contributed by atoms with Crippen LogP contribution in [0.2, 0.25) is 0 Å². The van der Waals surface area contributed by atoms with Crippen molar-refractivity contribution in [3.63, 3.8) is 0 Å². The first-order valence-corrected chi connectivity index (χ1v) is 4.37. The van der Waals surface area contributed by atoms with E-state index >= 15 is 0 Å². The van der Waals surface area contributed by atoms with E-state index in [1.165, 1.54) is 6.08 Å². The fraction of sp³-hybridized carbons (Fsp3) is 0.200. The van der Waals surface area contributed by atoms with Crippen LogP contribution in [-0.2, 0) is 4.79 Å². The molecule has 0 aliphatic carbocycles. The molecule has 0 saturated carbocycles. The highest BCUT2D eigenvalue weighted by atomic mass is 16.1. The summed E-state index contributed by atoms with van der Waals surface area (Å²) in [5.74, 6) is 0.868. The Morgan fingerprint density at radius 2 is 2.43 bits per heavy atom. The lowest BCUT2D eigenvalue weighted by atomic mass is 10.2. The number of aliphatic imine (C=N–C) groups is 2. The van der Waals surface area contributed by atoms with E-state index in [-0.39, 0.29) is 0 Å². The van der Waals surface area contributed by atoms with Crippen molar-refractivity contribution in [3.05, 3.63) is 29.8 Å². The Kier molecular flexibility index (Phi) is 2.38. The molecule has 70 valence electrons. The van der Waals surface area contributed by atoms with Gasteiger partial charge in [0, 0.05) is 12.1 Å². The van der Waals surface area contributed by atoms with E-state index in [9.17, 15) is 4.79 Å². The number of rotatable bonds is 2. The predicted octanol–water partition coefficient (Wildman–Crippen LogP) is 1.00. The highest BCUT2D eigenvalue weighted by molar-refractivity contribution is 6.00. The minimum atomic E-state index is 0.605. The first-order valence-electron chi connectivity index (χ1n) is 4.37. The first kappa shape index (κ1) is 8.66. The number of amidine groups is 1. The van der Waals surface area contributed by atoms with Crippen molar-refractivity contribution >= 4 is 17.6 Å². The maximum absolute atomic E-state index is 10.1. The van der Waals surface area contributed by atoms with Crippen LogP contribution in [0.1, 0.15) is 5.56 Å². The monoisotopic (exact) mass is 187 g/mol. The zero-order valence-electron chi connectivity index (χ0n) is 7.53. The number of nitrogens with zero attached hydrogens (tertiary/aromatic N) is 2. The van der Waals surface area contributed by atoms with Crippen LogP contribution in [0, 0.1) is 0 Å². The molecule has 0 fully saturated rings. The second kappa shape index (κ2) is 3.85. The van der Waals surface area contributed by atoms with E-state index in [4.69, 9.17) is 0 Å². The normalized spacial score (nSPS) is 14.1. The number of hydrogen-bond donors (Lipinski definition) is 1. The zero-order valence-corrected chi connectivity index (χ0v) is 7.53. The van der Waals surface area contributed by atoms with Gasteiger partial charge in [-0.05, 0) is 12.1 Å². The lowest BCUT2D eigenvalue weighted by Gasteiger charge is -2.01. The molecule has 0 amide bonds. The molecule has 0 atom stereocenters. The maximum atomic E-state index is 10.1. The van der Waals surface area contributed by atoms with Gasteiger partial charge in [0.25, 0.3) is 0 Å². The van der Waals surface area contributed by atoms with E-state index in [0.717, 1.165) is 24.5 Å². The molecule has 1 N–H and O–H groups in total. The van der Waals surface area contributed by atoms with Crippen molar-refractivity contribution in [2.45, 2.75) is 0 Å². The fourth-order valence-corrected chi connectivity index (χ4v) is 1.37. The van der Waals surface area contributed by atoms with Crippen LogP contribution in [0.15, 0.2) is 34.3 Å². The summed E-state index contributed by atoms with van der Waals surface area (Å²) >= 11 is 0. The number of carbonyl (C=O) groups excluding carboxylic acids is 1. The Morgan fingerprint density at radius 1 is 1.50 bits per heavy atom. The lowest BCUT2D eigenvalue weighted by molar-refractivity contribution is 0.565. The highest BCUT2D eigenvalue weighted by Gasteiger charge is 2.07. The molecule has 4 heteroatoms. The SMILES string of the molecule is O=C=Nc1cccc(C2=NCCN2)c1. The smallest absolute Gasteiger partial charge is 0.240 e. The van der Waals surface area contributed by atoms with Crippen molar-refractivity contribution in [1.82, 2.24) is 5.32 Å². The predicted molar refractivity (Wildman–Crippen MR) is 53.6 cm³/mol. The molecule has 0 aromatic heterocycles. The molecule has 1 aliphatic heterocycles. The molecule has 0 spiro atoms. The number of nitrogens with one attached hydrogen (secondary N) is 1. The molecular weight excluding hydrogens is 178 g/mol. The van der Waals surface area contributed by atoms with Crippen molar-refractivity contribution < 1.29 is 4.79 Å². The molecule has 1 aliphatic rings. The van der Waals surface area contributed by atoms with E-state index in [2.05, 4.69) is 15.3 Å². The highest BCUT2D eigenvalue weighted by Crippen LogP contribution is 2.14. The van der Waals surface area contributed by atoms with Gasteiger partial charge in [0.05, 0.1) is 12.2 Å². The van der Waals surface area contributed by atoms with Crippen LogP contribution in [0.3, 0.4) is 0 Å². The Bertz CT molecular complexity index is 419. The molecule has 0 radical (unpaired) electrons. The summed E-state index contributed by atoms with van der Waals surface area (Å²) in [6.07, 6.45) is 1.52. The van der Waals surface area contributed by atoms with E-state index in [1.54, 1.807) is 6.07 Å². The summed E-state index contributed by atoms with van der Waals surface area (Å²) in [4.78, 5) is 17.9. The molecule has 0 saturated heterocycles. The summed E-state index contributed by atoms with van der Waals surface area (Å²) in [5, 5.41) is 3.15. The molecular formula is C10H9N3O. The summed E-state index contributed by atoms with van der Waals surface area (Å²) in [5.41, 5.74) is 1.56. The van der Waals surface area contributed by atoms with Gasteiger partial charge in [-0.2, -0.15) is 4.99 Å².